The largest absolute Gasteiger partial charge is 0.489 e. The number of aliphatic hydroxyl groups is 1. The van der Waals surface area contributed by atoms with Crippen LogP contribution in [0.5, 0.6) is 5.75 Å². The molecule has 0 bridgehead atoms. The Morgan fingerprint density at radius 2 is 1.88 bits per heavy atom. The fourth-order valence-corrected chi connectivity index (χ4v) is 3.86. The number of allylic oxidation sites excluding steroid dienone is 1. The van der Waals surface area contributed by atoms with Gasteiger partial charge in [0.25, 0.3) is 0 Å². The van der Waals surface area contributed by atoms with E-state index < -0.39 is 0 Å². The molecule has 3 heteroatoms. The highest BCUT2D eigenvalue weighted by atomic mass is 16.5. The SMILES string of the molecule is C=CC[C@]1(CO)CCCN(Cc2ccccc2OCc2ccccc2)C1. The van der Waals surface area contributed by atoms with Crippen LogP contribution in [0.3, 0.4) is 0 Å². The minimum absolute atomic E-state index is 0.0418. The summed E-state index contributed by atoms with van der Waals surface area (Å²) in [7, 11) is 0. The average Bonchev–Trinajstić information content (AvgIpc) is 2.69. The van der Waals surface area contributed by atoms with E-state index in [2.05, 4.69) is 35.7 Å². The van der Waals surface area contributed by atoms with Gasteiger partial charge in [-0.1, -0.05) is 54.6 Å². The van der Waals surface area contributed by atoms with Gasteiger partial charge in [-0.3, -0.25) is 4.90 Å². The lowest BCUT2D eigenvalue weighted by Gasteiger charge is -2.41. The zero-order valence-corrected chi connectivity index (χ0v) is 15.4. The highest BCUT2D eigenvalue weighted by Gasteiger charge is 2.33. The maximum atomic E-state index is 9.92. The number of aliphatic hydroxyl groups excluding tert-OH is 1. The van der Waals surface area contributed by atoms with Gasteiger partial charge < -0.3 is 9.84 Å². The molecule has 2 aromatic rings. The summed E-state index contributed by atoms with van der Waals surface area (Å²) < 4.78 is 6.10. The number of likely N-dealkylation sites (tertiary alicyclic amines) is 1. The van der Waals surface area contributed by atoms with E-state index in [1.807, 2.05) is 36.4 Å². The fraction of sp³-hybridized carbons (Fsp3) is 0.391. The van der Waals surface area contributed by atoms with Crippen molar-refractivity contribution < 1.29 is 9.84 Å². The number of ether oxygens (including phenoxy) is 1. The molecule has 1 fully saturated rings. The second-order valence-corrected chi connectivity index (χ2v) is 7.35. The average molecular weight is 351 g/mol. The van der Waals surface area contributed by atoms with Crippen molar-refractivity contribution in [3.05, 3.63) is 78.4 Å². The van der Waals surface area contributed by atoms with Gasteiger partial charge in [0.05, 0.1) is 6.61 Å². The van der Waals surface area contributed by atoms with Gasteiger partial charge in [-0.25, -0.2) is 0 Å². The maximum absolute atomic E-state index is 9.92. The predicted octanol–water partition coefficient (Wildman–Crippen LogP) is 4.42. The maximum Gasteiger partial charge on any atom is 0.124 e. The molecule has 1 aliphatic heterocycles. The number of nitrogens with zero attached hydrogens (tertiary/aromatic N) is 1. The first kappa shape index (κ1) is 18.7. The number of hydrogen-bond donors (Lipinski definition) is 1. The van der Waals surface area contributed by atoms with Crippen LogP contribution in [0.1, 0.15) is 30.4 Å². The van der Waals surface area contributed by atoms with Crippen LogP contribution in [0.25, 0.3) is 0 Å². The molecule has 26 heavy (non-hydrogen) atoms. The molecule has 0 amide bonds. The number of para-hydroxylation sites is 1. The zero-order chi connectivity index (χ0) is 18.2. The summed E-state index contributed by atoms with van der Waals surface area (Å²) in [5, 5.41) is 9.92. The van der Waals surface area contributed by atoms with Crippen molar-refractivity contribution in [3.63, 3.8) is 0 Å². The lowest BCUT2D eigenvalue weighted by molar-refractivity contribution is 0.0305. The van der Waals surface area contributed by atoms with Crippen molar-refractivity contribution in [3.8, 4) is 5.75 Å². The van der Waals surface area contributed by atoms with Crippen LogP contribution in [0, 0.1) is 5.41 Å². The Morgan fingerprint density at radius 1 is 1.12 bits per heavy atom. The third kappa shape index (κ3) is 4.75. The smallest absolute Gasteiger partial charge is 0.124 e. The zero-order valence-electron chi connectivity index (χ0n) is 15.4. The highest BCUT2D eigenvalue weighted by Crippen LogP contribution is 2.34. The molecular weight excluding hydrogens is 322 g/mol. The summed E-state index contributed by atoms with van der Waals surface area (Å²) in [5.41, 5.74) is 2.33. The summed E-state index contributed by atoms with van der Waals surface area (Å²) >= 11 is 0. The lowest BCUT2D eigenvalue weighted by Crippen LogP contribution is -2.44. The normalized spacial score (nSPS) is 20.7. The molecule has 1 N–H and O–H groups in total. The highest BCUT2D eigenvalue weighted by molar-refractivity contribution is 5.33. The molecule has 3 nitrogen and oxygen atoms in total. The van der Waals surface area contributed by atoms with Crippen LogP contribution in [0.4, 0.5) is 0 Å². The number of piperidine rings is 1. The first-order chi connectivity index (χ1) is 12.7. The summed E-state index contributed by atoms with van der Waals surface area (Å²) in [6.45, 7) is 7.49. The Bertz CT molecular complexity index is 700. The second kappa shape index (κ2) is 9.02. The topological polar surface area (TPSA) is 32.7 Å². The first-order valence-corrected chi connectivity index (χ1v) is 9.43. The molecule has 1 saturated heterocycles. The number of benzene rings is 2. The quantitative estimate of drug-likeness (QED) is 0.715. The first-order valence-electron chi connectivity index (χ1n) is 9.43. The minimum atomic E-state index is -0.0418. The summed E-state index contributed by atoms with van der Waals surface area (Å²) in [6, 6.07) is 18.5. The monoisotopic (exact) mass is 351 g/mol. The predicted molar refractivity (Wildman–Crippen MR) is 106 cm³/mol. The second-order valence-electron chi connectivity index (χ2n) is 7.35. The van der Waals surface area contributed by atoms with E-state index in [0.29, 0.717) is 6.61 Å². The van der Waals surface area contributed by atoms with E-state index in [0.717, 1.165) is 44.6 Å². The van der Waals surface area contributed by atoms with E-state index in [1.165, 1.54) is 11.1 Å². The van der Waals surface area contributed by atoms with Crippen molar-refractivity contribution in [2.75, 3.05) is 19.7 Å². The van der Waals surface area contributed by atoms with E-state index in [4.69, 9.17) is 4.74 Å². The molecule has 3 rings (SSSR count). The van der Waals surface area contributed by atoms with Crippen molar-refractivity contribution in [1.82, 2.24) is 4.90 Å². The molecule has 1 atom stereocenters. The molecular formula is C23H29NO2. The standard InChI is InChI=1S/C23H29NO2/c1-2-13-23(19-25)14-8-15-24(18-23)16-21-11-6-7-12-22(21)26-17-20-9-4-3-5-10-20/h2-7,9-12,25H,1,8,13-19H2/t23-/m0/s1. The van der Waals surface area contributed by atoms with Gasteiger partial charge in [0.1, 0.15) is 12.4 Å². The molecule has 0 radical (unpaired) electrons. The van der Waals surface area contributed by atoms with Crippen molar-refractivity contribution in [2.24, 2.45) is 5.41 Å². The van der Waals surface area contributed by atoms with Gasteiger partial charge in [-0.15, -0.1) is 6.58 Å². The van der Waals surface area contributed by atoms with Crippen LogP contribution in [-0.2, 0) is 13.2 Å². The van der Waals surface area contributed by atoms with Crippen molar-refractivity contribution in [1.29, 1.82) is 0 Å². The van der Waals surface area contributed by atoms with Gasteiger partial charge >= 0.3 is 0 Å². The third-order valence-corrected chi connectivity index (χ3v) is 5.26. The summed E-state index contributed by atoms with van der Waals surface area (Å²) in [5.74, 6) is 0.945. The van der Waals surface area contributed by atoms with Crippen LogP contribution in [0.2, 0.25) is 0 Å². The third-order valence-electron chi connectivity index (χ3n) is 5.26. The molecule has 0 unspecified atom stereocenters. The minimum Gasteiger partial charge on any atom is -0.489 e. The molecule has 0 aromatic heterocycles. The van der Waals surface area contributed by atoms with Crippen LogP contribution < -0.4 is 4.74 Å². The van der Waals surface area contributed by atoms with Crippen LogP contribution in [0.15, 0.2) is 67.3 Å². The Balaban J connectivity index is 1.67. The molecule has 1 aliphatic rings. The molecule has 0 aliphatic carbocycles. The molecule has 1 heterocycles. The number of rotatable bonds is 8. The molecule has 138 valence electrons. The summed E-state index contributed by atoms with van der Waals surface area (Å²) in [4.78, 5) is 2.44. The fourth-order valence-electron chi connectivity index (χ4n) is 3.86. The van der Waals surface area contributed by atoms with Gasteiger partial charge in [0.15, 0.2) is 0 Å². The van der Waals surface area contributed by atoms with E-state index in [-0.39, 0.29) is 12.0 Å². The van der Waals surface area contributed by atoms with E-state index in [1.54, 1.807) is 0 Å². The Kier molecular flexibility index (Phi) is 6.48. The summed E-state index contributed by atoms with van der Waals surface area (Å²) in [6.07, 6.45) is 4.99. The molecule has 2 aromatic carbocycles. The molecule has 0 saturated carbocycles. The van der Waals surface area contributed by atoms with Gasteiger partial charge in [-0.2, -0.15) is 0 Å². The van der Waals surface area contributed by atoms with Crippen LogP contribution >= 0.6 is 0 Å². The van der Waals surface area contributed by atoms with Gasteiger partial charge in [0.2, 0.25) is 0 Å². The van der Waals surface area contributed by atoms with Gasteiger partial charge in [-0.05, 0) is 37.4 Å². The van der Waals surface area contributed by atoms with Gasteiger partial charge in [0, 0.05) is 24.1 Å². The van der Waals surface area contributed by atoms with E-state index >= 15 is 0 Å². The van der Waals surface area contributed by atoms with Crippen molar-refractivity contribution >= 4 is 0 Å². The van der Waals surface area contributed by atoms with Crippen molar-refractivity contribution in [2.45, 2.75) is 32.4 Å². The lowest BCUT2D eigenvalue weighted by atomic mass is 9.77. The van der Waals surface area contributed by atoms with E-state index in [9.17, 15) is 5.11 Å². The number of hydrogen-bond acceptors (Lipinski definition) is 3. The Labute approximate surface area is 156 Å². The molecule has 0 spiro atoms. The Hall–Kier alpha value is -2.10. The Morgan fingerprint density at radius 3 is 2.65 bits per heavy atom. The van der Waals surface area contributed by atoms with Crippen LogP contribution in [-0.4, -0.2) is 29.7 Å².